The lowest BCUT2D eigenvalue weighted by Crippen LogP contribution is -2.34. The van der Waals surface area contributed by atoms with Crippen molar-refractivity contribution in [1.82, 2.24) is 4.98 Å². The molecule has 2 heterocycles. The average molecular weight is 223 g/mol. The van der Waals surface area contributed by atoms with Crippen LogP contribution in [0.15, 0.2) is 12.1 Å². The van der Waals surface area contributed by atoms with Crippen LogP contribution in [0.4, 0.5) is 11.5 Å². The molecule has 1 aliphatic rings. The Morgan fingerprint density at radius 1 is 1.50 bits per heavy atom. The number of anilines is 2. The van der Waals surface area contributed by atoms with E-state index >= 15 is 0 Å². The molecule has 0 radical (unpaired) electrons. The van der Waals surface area contributed by atoms with Crippen molar-refractivity contribution >= 4 is 11.5 Å². The Morgan fingerprint density at radius 2 is 2.38 bits per heavy atom. The van der Waals surface area contributed by atoms with E-state index in [0.29, 0.717) is 32.1 Å². The Kier molecular flexibility index (Phi) is 3.58. The Hall–Kier alpha value is -1.33. The molecule has 1 saturated heterocycles. The number of hydrogen-bond acceptors (Lipinski definition) is 5. The maximum Gasteiger partial charge on any atom is 0.126 e. The number of aryl methyl sites for hydroxylation is 1. The lowest BCUT2D eigenvalue weighted by Gasteiger charge is -2.23. The minimum Gasteiger partial charge on any atom is -0.397 e. The zero-order valence-electron chi connectivity index (χ0n) is 9.40. The van der Waals surface area contributed by atoms with Crippen molar-refractivity contribution in [2.75, 3.05) is 37.4 Å². The van der Waals surface area contributed by atoms with Gasteiger partial charge in [0.1, 0.15) is 5.82 Å². The van der Waals surface area contributed by atoms with Gasteiger partial charge in [0, 0.05) is 6.54 Å². The van der Waals surface area contributed by atoms with Crippen molar-refractivity contribution in [3.8, 4) is 0 Å². The molecule has 16 heavy (non-hydrogen) atoms. The summed E-state index contributed by atoms with van der Waals surface area (Å²) in [7, 11) is 0. The van der Waals surface area contributed by atoms with E-state index in [1.54, 1.807) is 0 Å². The van der Waals surface area contributed by atoms with Crippen molar-refractivity contribution in [1.29, 1.82) is 0 Å². The zero-order chi connectivity index (χ0) is 11.4. The van der Waals surface area contributed by atoms with E-state index in [4.69, 9.17) is 15.2 Å². The molecule has 0 amide bonds. The van der Waals surface area contributed by atoms with Gasteiger partial charge >= 0.3 is 0 Å². The summed E-state index contributed by atoms with van der Waals surface area (Å²) in [4.78, 5) is 4.32. The third-order valence-corrected chi connectivity index (χ3v) is 2.52. The summed E-state index contributed by atoms with van der Waals surface area (Å²) in [5, 5.41) is 3.21. The monoisotopic (exact) mass is 223 g/mol. The lowest BCUT2D eigenvalue weighted by molar-refractivity contribution is -0.0819. The third-order valence-electron chi connectivity index (χ3n) is 2.52. The van der Waals surface area contributed by atoms with Crippen LogP contribution in [0.25, 0.3) is 0 Å². The molecule has 1 atom stereocenters. The summed E-state index contributed by atoms with van der Waals surface area (Å²) in [5.74, 6) is 0.820. The topological polar surface area (TPSA) is 69.4 Å². The van der Waals surface area contributed by atoms with Crippen LogP contribution in [0.1, 0.15) is 5.69 Å². The second kappa shape index (κ2) is 5.14. The fourth-order valence-corrected chi connectivity index (χ4v) is 1.54. The van der Waals surface area contributed by atoms with Crippen molar-refractivity contribution in [2.24, 2.45) is 0 Å². The highest BCUT2D eigenvalue weighted by atomic mass is 16.6. The van der Waals surface area contributed by atoms with Crippen LogP contribution in [0.3, 0.4) is 0 Å². The van der Waals surface area contributed by atoms with Crippen LogP contribution >= 0.6 is 0 Å². The average Bonchev–Trinajstić information content (AvgIpc) is 2.32. The predicted octanol–water partition coefficient (Wildman–Crippen LogP) is 0.800. The minimum atomic E-state index is 0.105. The summed E-state index contributed by atoms with van der Waals surface area (Å²) in [6.07, 6.45) is 0.105. The van der Waals surface area contributed by atoms with E-state index in [0.717, 1.165) is 11.5 Å². The Balaban J connectivity index is 1.86. The van der Waals surface area contributed by atoms with E-state index in [1.807, 2.05) is 19.1 Å². The van der Waals surface area contributed by atoms with Gasteiger partial charge in [0.15, 0.2) is 0 Å². The van der Waals surface area contributed by atoms with Gasteiger partial charge in [0.25, 0.3) is 0 Å². The van der Waals surface area contributed by atoms with Crippen molar-refractivity contribution in [3.63, 3.8) is 0 Å². The molecule has 0 spiro atoms. The van der Waals surface area contributed by atoms with Crippen LogP contribution in [0, 0.1) is 6.92 Å². The molecular formula is C11H17N3O2. The van der Waals surface area contributed by atoms with Crippen LogP contribution < -0.4 is 11.1 Å². The second-order valence-corrected chi connectivity index (χ2v) is 3.82. The smallest absolute Gasteiger partial charge is 0.126 e. The summed E-state index contributed by atoms with van der Waals surface area (Å²) >= 11 is 0. The van der Waals surface area contributed by atoms with Crippen molar-refractivity contribution < 1.29 is 9.47 Å². The molecule has 0 aliphatic carbocycles. The third kappa shape index (κ3) is 2.84. The largest absolute Gasteiger partial charge is 0.397 e. The van der Waals surface area contributed by atoms with E-state index in [1.165, 1.54) is 0 Å². The van der Waals surface area contributed by atoms with Gasteiger partial charge in [0.2, 0.25) is 0 Å². The molecule has 1 fully saturated rings. The van der Waals surface area contributed by atoms with E-state index in [2.05, 4.69) is 10.3 Å². The molecule has 1 aromatic heterocycles. The standard InChI is InChI=1S/C11H17N3O2/c1-8-10(12)2-3-11(14-8)13-6-9-7-15-4-5-16-9/h2-3,9H,4-7,12H2,1H3,(H,13,14). The number of nitrogens with one attached hydrogen (secondary N) is 1. The summed E-state index contributed by atoms with van der Waals surface area (Å²) in [6.45, 7) is 4.59. The van der Waals surface area contributed by atoms with Crippen LogP contribution in [0.2, 0.25) is 0 Å². The summed E-state index contributed by atoms with van der Waals surface area (Å²) in [6, 6.07) is 3.72. The van der Waals surface area contributed by atoms with Crippen LogP contribution in [-0.2, 0) is 9.47 Å². The zero-order valence-corrected chi connectivity index (χ0v) is 9.40. The molecule has 5 heteroatoms. The molecule has 0 aromatic carbocycles. The number of hydrogen-bond donors (Lipinski definition) is 2. The fourth-order valence-electron chi connectivity index (χ4n) is 1.54. The maximum atomic E-state index is 5.69. The van der Waals surface area contributed by atoms with Gasteiger partial charge in [-0.05, 0) is 19.1 Å². The van der Waals surface area contributed by atoms with E-state index in [-0.39, 0.29) is 6.10 Å². The number of ether oxygens (including phenoxy) is 2. The molecule has 2 rings (SSSR count). The van der Waals surface area contributed by atoms with Crippen LogP contribution in [0.5, 0.6) is 0 Å². The molecule has 0 saturated carbocycles. The molecular weight excluding hydrogens is 206 g/mol. The van der Waals surface area contributed by atoms with Gasteiger partial charge in [-0.2, -0.15) is 0 Å². The normalized spacial score (nSPS) is 20.7. The van der Waals surface area contributed by atoms with Gasteiger partial charge in [-0.3, -0.25) is 0 Å². The first-order valence-electron chi connectivity index (χ1n) is 5.42. The Morgan fingerprint density at radius 3 is 3.06 bits per heavy atom. The Bertz CT molecular complexity index is 351. The second-order valence-electron chi connectivity index (χ2n) is 3.82. The number of nitrogens with zero attached hydrogens (tertiary/aromatic N) is 1. The summed E-state index contributed by atoms with van der Waals surface area (Å²) < 4.78 is 10.8. The van der Waals surface area contributed by atoms with E-state index < -0.39 is 0 Å². The van der Waals surface area contributed by atoms with Gasteiger partial charge in [0.05, 0.1) is 37.3 Å². The van der Waals surface area contributed by atoms with Crippen molar-refractivity contribution in [3.05, 3.63) is 17.8 Å². The first-order chi connectivity index (χ1) is 7.75. The molecule has 1 aliphatic heterocycles. The quantitative estimate of drug-likeness (QED) is 0.793. The Labute approximate surface area is 95.0 Å². The molecule has 0 bridgehead atoms. The molecule has 3 N–H and O–H groups in total. The van der Waals surface area contributed by atoms with Crippen LogP contribution in [-0.4, -0.2) is 37.5 Å². The molecule has 5 nitrogen and oxygen atoms in total. The lowest BCUT2D eigenvalue weighted by atomic mass is 10.3. The molecule has 1 unspecified atom stereocenters. The molecule has 88 valence electrons. The number of pyridine rings is 1. The SMILES string of the molecule is Cc1nc(NCC2COCCO2)ccc1N. The summed E-state index contributed by atoms with van der Waals surface area (Å²) in [5.41, 5.74) is 7.24. The predicted molar refractivity (Wildman–Crippen MR) is 62.4 cm³/mol. The van der Waals surface area contributed by atoms with E-state index in [9.17, 15) is 0 Å². The number of aromatic nitrogens is 1. The number of nitrogen functional groups attached to an aromatic ring is 1. The number of rotatable bonds is 3. The van der Waals surface area contributed by atoms with Gasteiger partial charge < -0.3 is 20.5 Å². The highest BCUT2D eigenvalue weighted by Crippen LogP contribution is 2.12. The first-order valence-corrected chi connectivity index (χ1v) is 5.42. The van der Waals surface area contributed by atoms with Gasteiger partial charge in [-0.15, -0.1) is 0 Å². The maximum absolute atomic E-state index is 5.69. The number of nitrogens with two attached hydrogens (primary N) is 1. The van der Waals surface area contributed by atoms with Gasteiger partial charge in [-0.1, -0.05) is 0 Å². The minimum absolute atomic E-state index is 0.105. The highest BCUT2D eigenvalue weighted by molar-refractivity contribution is 5.49. The fraction of sp³-hybridized carbons (Fsp3) is 0.545. The van der Waals surface area contributed by atoms with Gasteiger partial charge in [-0.25, -0.2) is 4.98 Å². The van der Waals surface area contributed by atoms with Crippen molar-refractivity contribution in [2.45, 2.75) is 13.0 Å². The highest BCUT2D eigenvalue weighted by Gasteiger charge is 2.13. The first kappa shape index (κ1) is 11.2. The molecule has 1 aromatic rings.